The number of nitrogens with two attached hydrogens (primary N) is 1. The van der Waals surface area contributed by atoms with Crippen LogP contribution in [-0.2, 0) is 26.1 Å². The number of benzene rings is 2. The Labute approximate surface area is 186 Å². The molecule has 1 heterocycles. The Balaban J connectivity index is 2.07. The van der Waals surface area contributed by atoms with Crippen LogP contribution in [0.25, 0.3) is 10.2 Å². The number of nitro benzene ring substituents is 1. The fourth-order valence-corrected chi connectivity index (χ4v) is 4.55. The minimum absolute atomic E-state index is 0.00945. The molecule has 3 aromatic rings. The predicted octanol–water partition coefficient (Wildman–Crippen LogP) is 1.95. The molecule has 13 heteroatoms. The molecule has 1 aromatic heterocycles. The van der Waals surface area contributed by atoms with Gasteiger partial charge in [0.25, 0.3) is 11.6 Å². The quantitative estimate of drug-likeness (QED) is 0.308. The van der Waals surface area contributed by atoms with Crippen molar-refractivity contribution in [2.24, 2.45) is 10.1 Å². The molecule has 0 aliphatic heterocycles. The second kappa shape index (κ2) is 9.38. The molecule has 0 aliphatic rings. The number of rotatable bonds is 7. The average Bonchev–Trinajstić information content (AvgIpc) is 3.08. The third kappa shape index (κ3) is 5.25. The van der Waals surface area contributed by atoms with Crippen molar-refractivity contribution in [3.8, 4) is 0 Å². The highest BCUT2D eigenvalue weighted by atomic mass is 32.2. The molecule has 0 radical (unpaired) electrons. The summed E-state index contributed by atoms with van der Waals surface area (Å²) in [5.41, 5.74) is 0.528. The van der Waals surface area contributed by atoms with Crippen LogP contribution in [0.1, 0.15) is 23.7 Å². The number of primary sulfonamides is 1. The topological polar surface area (TPSA) is 164 Å². The Morgan fingerprint density at radius 3 is 2.50 bits per heavy atom. The number of non-ortho nitro benzene ring substituents is 1. The van der Waals surface area contributed by atoms with E-state index in [1.54, 1.807) is 11.5 Å². The van der Waals surface area contributed by atoms with E-state index < -0.39 is 26.8 Å². The molecule has 0 fully saturated rings. The van der Waals surface area contributed by atoms with Gasteiger partial charge >= 0.3 is 5.97 Å². The lowest BCUT2D eigenvalue weighted by Crippen LogP contribution is -2.19. The van der Waals surface area contributed by atoms with Gasteiger partial charge in [-0.15, -0.1) is 0 Å². The maximum Gasteiger partial charge on any atom is 0.307 e. The maximum atomic E-state index is 12.6. The van der Waals surface area contributed by atoms with Gasteiger partial charge in [0.1, 0.15) is 0 Å². The van der Waals surface area contributed by atoms with Gasteiger partial charge < -0.3 is 9.30 Å². The van der Waals surface area contributed by atoms with Crippen LogP contribution in [0.3, 0.4) is 0 Å². The fourth-order valence-electron chi connectivity index (χ4n) is 2.85. The molecule has 0 atom stereocenters. The van der Waals surface area contributed by atoms with Gasteiger partial charge in [0.15, 0.2) is 4.80 Å². The van der Waals surface area contributed by atoms with Crippen molar-refractivity contribution in [1.82, 2.24) is 4.57 Å². The minimum Gasteiger partial charge on any atom is -0.466 e. The third-order valence-electron chi connectivity index (χ3n) is 4.35. The lowest BCUT2D eigenvalue weighted by atomic mass is 10.2. The zero-order valence-corrected chi connectivity index (χ0v) is 18.4. The van der Waals surface area contributed by atoms with Crippen molar-refractivity contribution in [2.75, 3.05) is 6.61 Å². The second-order valence-corrected chi connectivity index (χ2v) is 9.06. The average molecular weight is 479 g/mol. The van der Waals surface area contributed by atoms with Gasteiger partial charge in [-0.1, -0.05) is 11.3 Å². The van der Waals surface area contributed by atoms with E-state index in [1.165, 1.54) is 42.5 Å². The highest BCUT2D eigenvalue weighted by Crippen LogP contribution is 2.22. The first-order valence-electron chi connectivity index (χ1n) is 9.25. The number of nitro groups is 1. The first kappa shape index (κ1) is 23.2. The van der Waals surface area contributed by atoms with E-state index in [4.69, 9.17) is 9.88 Å². The number of carbonyl (C=O) groups is 2. The molecule has 11 nitrogen and oxygen atoms in total. The molecule has 32 heavy (non-hydrogen) atoms. The third-order valence-corrected chi connectivity index (χ3v) is 6.30. The Hall–Kier alpha value is -3.42. The lowest BCUT2D eigenvalue weighted by molar-refractivity contribution is -0.384. The predicted molar refractivity (Wildman–Crippen MR) is 115 cm³/mol. The van der Waals surface area contributed by atoms with Crippen LogP contribution in [0.2, 0.25) is 0 Å². The van der Waals surface area contributed by atoms with Crippen LogP contribution in [0.4, 0.5) is 5.69 Å². The molecule has 2 N–H and O–H groups in total. The second-order valence-electron chi connectivity index (χ2n) is 6.49. The van der Waals surface area contributed by atoms with Crippen LogP contribution in [-0.4, -0.2) is 36.4 Å². The maximum absolute atomic E-state index is 12.6. The van der Waals surface area contributed by atoms with Crippen molar-refractivity contribution >= 4 is 49.1 Å². The van der Waals surface area contributed by atoms with Gasteiger partial charge in [-0.05, 0) is 37.3 Å². The largest absolute Gasteiger partial charge is 0.466 e. The van der Waals surface area contributed by atoms with Gasteiger partial charge in [-0.2, -0.15) is 4.99 Å². The number of aromatic nitrogens is 1. The Morgan fingerprint density at radius 2 is 1.91 bits per heavy atom. The van der Waals surface area contributed by atoms with Crippen molar-refractivity contribution in [3.63, 3.8) is 0 Å². The minimum atomic E-state index is -3.94. The summed E-state index contributed by atoms with van der Waals surface area (Å²) in [6.45, 7) is 2.05. The van der Waals surface area contributed by atoms with Crippen LogP contribution >= 0.6 is 11.3 Å². The van der Waals surface area contributed by atoms with Crippen LogP contribution in [0.15, 0.2) is 52.4 Å². The molecule has 0 bridgehead atoms. The summed E-state index contributed by atoms with van der Waals surface area (Å²) in [6.07, 6.45) is 0.00945. The smallest absolute Gasteiger partial charge is 0.307 e. The molecule has 3 rings (SSSR count). The number of amides is 1. The fraction of sp³-hybridized carbons (Fsp3) is 0.211. The Morgan fingerprint density at radius 1 is 1.22 bits per heavy atom. The number of thiazole rings is 1. The van der Waals surface area contributed by atoms with Crippen molar-refractivity contribution in [3.05, 3.63) is 62.9 Å². The highest BCUT2D eigenvalue weighted by Gasteiger charge is 2.15. The number of aryl methyl sites for hydroxylation is 1. The summed E-state index contributed by atoms with van der Waals surface area (Å²) in [5, 5.41) is 16.0. The number of nitrogens with zero attached hydrogens (tertiary/aromatic N) is 3. The lowest BCUT2D eigenvalue weighted by Gasteiger charge is -2.06. The van der Waals surface area contributed by atoms with E-state index in [-0.39, 0.29) is 40.5 Å². The zero-order chi connectivity index (χ0) is 23.5. The number of esters is 1. The number of carbonyl (C=O) groups excluding carboxylic acids is 2. The van der Waals surface area contributed by atoms with E-state index in [1.807, 2.05) is 0 Å². The van der Waals surface area contributed by atoms with Crippen LogP contribution in [0.5, 0.6) is 0 Å². The van der Waals surface area contributed by atoms with Gasteiger partial charge in [0.05, 0.1) is 33.1 Å². The van der Waals surface area contributed by atoms with E-state index in [2.05, 4.69) is 4.99 Å². The number of ether oxygens (including phenoxy) is 1. The number of hydrogen-bond acceptors (Lipinski definition) is 8. The molecule has 168 valence electrons. The molecule has 2 aromatic carbocycles. The monoisotopic (exact) mass is 478 g/mol. The number of hydrogen-bond donors (Lipinski definition) is 1. The van der Waals surface area contributed by atoms with E-state index in [0.717, 1.165) is 11.3 Å². The van der Waals surface area contributed by atoms with Gasteiger partial charge in [0.2, 0.25) is 10.0 Å². The van der Waals surface area contributed by atoms with Gasteiger partial charge in [-0.3, -0.25) is 19.7 Å². The number of sulfonamides is 1. The molecule has 0 saturated carbocycles. The van der Waals surface area contributed by atoms with Crippen LogP contribution < -0.4 is 9.94 Å². The highest BCUT2D eigenvalue weighted by molar-refractivity contribution is 7.89. The van der Waals surface area contributed by atoms with Gasteiger partial charge in [-0.25, -0.2) is 13.6 Å². The Kier molecular flexibility index (Phi) is 6.81. The molecular formula is C19H18N4O7S2. The van der Waals surface area contributed by atoms with Crippen molar-refractivity contribution < 1.29 is 27.7 Å². The summed E-state index contributed by atoms with van der Waals surface area (Å²) >= 11 is 1.05. The van der Waals surface area contributed by atoms with E-state index in [0.29, 0.717) is 10.2 Å². The van der Waals surface area contributed by atoms with E-state index >= 15 is 0 Å². The molecule has 1 amide bonds. The molecular weight excluding hydrogens is 460 g/mol. The summed E-state index contributed by atoms with van der Waals surface area (Å²) in [5.74, 6) is -1.09. The molecule has 0 aliphatic carbocycles. The summed E-state index contributed by atoms with van der Waals surface area (Å²) in [4.78, 5) is 38.9. The first-order chi connectivity index (χ1) is 15.1. The first-order valence-corrected chi connectivity index (χ1v) is 11.6. The summed E-state index contributed by atoms with van der Waals surface area (Å²) in [6, 6.07) is 9.19. The van der Waals surface area contributed by atoms with Gasteiger partial charge in [0, 0.05) is 24.2 Å². The zero-order valence-electron chi connectivity index (χ0n) is 16.8. The van der Waals surface area contributed by atoms with Crippen molar-refractivity contribution in [2.45, 2.75) is 24.8 Å². The Bertz CT molecular complexity index is 1370. The number of fused-ring (bicyclic) bond motifs is 1. The normalized spacial score (nSPS) is 12.1. The molecule has 0 saturated heterocycles. The molecule has 0 unspecified atom stereocenters. The van der Waals surface area contributed by atoms with Crippen LogP contribution in [0, 0.1) is 10.1 Å². The summed E-state index contributed by atoms with van der Waals surface area (Å²) < 4.78 is 30.4. The summed E-state index contributed by atoms with van der Waals surface area (Å²) in [7, 11) is -3.94. The standard InChI is InChI=1S/C19H18N4O7S2/c1-2-30-17(24)9-10-22-15-8-7-14(32(20,28)29)11-16(15)31-19(22)21-18(25)12-3-5-13(6-4-12)23(26)27/h3-8,11H,2,9-10H2,1H3,(H2,20,28,29). The van der Waals surface area contributed by atoms with Crippen molar-refractivity contribution in [1.29, 1.82) is 0 Å². The van der Waals surface area contributed by atoms with E-state index in [9.17, 15) is 28.1 Å². The molecule has 0 spiro atoms. The SMILES string of the molecule is CCOC(=O)CCn1c(=NC(=O)c2ccc([N+](=O)[O-])cc2)sc2cc(S(N)(=O)=O)ccc21.